The maximum absolute atomic E-state index is 11.1. The van der Waals surface area contributed by atoms with Gasteiger partial charge in [0.1, 0.15) is 5.60 Å². The highest BCUT2D eigenvalue weighted by Crippen LogP contribution is 2.06. The molecule has 0 aliphatic heterocycles. The van der Waals surface area contributed by atoms with Crippen molar-refractivity contribution in [1.29, 1.82) is 0 Å². The second kappa shape index (κ2) is 6.32. The number of nitrogens with one attached hydrogen (secondary N) is 2. The summed E-state index contributed by atoms with van der Waals surface area (Å²) in [4.78, 5) is 26.8. The summed E-state index contributed by atoms with van der Waals surface area (Å²) in [6, 6.07) is 0.0395. The van der Waals surface area contributed by atoms with Crippen molar-refractivity contribution in [3.05, 3.63) is 0 Å². The first-order valence-electron chi connectivity index (χ1n) is 5.11. The number of carbonyl (C=O) groups excluding carboxylic acids is 2. The number of hydrogen-bond donors (Lipinski definition) is 2. The molecule has 0 unspecified atom stereocenters. The predicted octanol–water partition coefficient (Wildman–Crippen LogP) is 0.967. The molecule has 0 aromatic heterocycles. The number of amides is 2. The Kier molecular flexibility index (Phi) is 5.81. The van der Waals surface area contributed by atoms with Gasteiger partial charge >= 0.3 is 6.09 Å². The van der Waals surface area contributed by atoms with Crippen molar-refractivity contribution < 1.29 is 19.2 Å². The van der Waals surface area contributed by atoms with E-state index in [4.69, 9.17) is 4.74 Å². The Labute approximate surface area is 95.6 Å². The van der Waals surface area contributed by atoms with Gasteiger partial charge in [-0.3, -0.25) is 9.63 Å². The molecule has 0 aromatic carbocycles. The minimum Gasteiger partial charge on any atom is -0.442 e. The molecule has 2 N–H and O–H groups in total. The van der Waals surface area contributed by atoms with E-state index in [1.165, 1.54) is 0 Å². The summed E-state index contributed by atoms with van der Waals surface area (Å²) < 4.78 is 4.89. The molecule has 0 radical (unpaired) electrons. The topological polar surface area (TPSA) is 76.7 Å². The smallest absolute Gasteiger partial charge is 0.431 e. The zero-order valence-electron chi connectivity index (χ0n) is 10.4. The van der Waals surface area contributed by atoms with Gasteiger partial charge in [0.25, 0.3) is 0 Å². The van der Waals surface area contributed by atoms with E-state index in [1.54, 1.807) is 20.8 Å². The van der Waals surface area contributed by atoms with Crippen LogP contribution in [0.4, 0.5) is 4.79 Å². The molecule has 6 nitrogen and oxygen atoms in total. The second-order valence-corrected chi connectivity index (χ2v) is 4.61. The molecule has 2 amide bonds. The molecule has 94 valence electrons. The van der Waals surface area contributed by atoms with E-state index < -0.39 is 11.7 Å². The van der Waals surface area contributed by atoms with Gasteiger partial charge in [-0.05, 0) is 34.6 Å². The summed E-state index contributed by atoms with van der Waals surface area (Å²) in [7, 11) is 0. The molecule has 0 bridgehead atoms. The van der Waals surface area contributed by atoms with Crippen LogP contribution < -0.4 is 10.8 Å². The van der Waals surface area contributed by atoms with Gasteiger partial charge in [0, 0.05) is 6.04 Å². The monoisotopic (exact) mass is 232 g/mol. The Morgan fingerprint density at radius 3 is 2.25 bits per heavy atom. The first-order chi connectivity index (χ1) is 7.20. The molecule has 0 fully saturated rings. The fourth-order valence-electron chi connectivity index (χ4n) is 0.823. The van der Waals surface area contributed by atoms with Crippen LogP contribution in [0.5, 0.6) is 0 Å². The van der Waals surface area contributed by atoms with Crippen LogP contribution in [0.15, 0.2) is 0 Å². The first kappa shape index (κ1) is 14.7. The molecule has 0 heterocycles. The quantitative estimate of drug-likeness (QED) is 0.708. The van der Waals surface area contributed by atoms with Gasteiger partial charge in [-0.15, -0.1) is 0 Å². The lowest BCUT2D eigenvalue weighted by molar-refractivity contribution is -0.128. The molecule has 0 spiro atoms. The Bertz CT molecular complexity index is 246. The lowest BCUT2D eigenvalue weighted by Gasteiger charge is -2.19. The number of carbonyl (C=O) groups is 2. The summed E-state index contributed by atoms with van der Waals surface area (Å²) >= 11 is 0. The summed E-state index contributed by atoms with van der Waals surface area (Å²) in [6.07, 6.45) is -0.718. The van der Waals surface area contributed by atoms with Crippen molar-refractivity contribution >= 4 is 12.0 Å². The van der Waals surface area contributed by atoms with Crippen LogP contribution in [0.1, 0.15) is 34.6 Å². The molecular formula is C10H20N2O4. The minimum absolute atomic E-state index is 0.0395. The van der Waals surface area contributed by atoms with Crippen molar-refractivity contribution in [1.82, 2.24) is 10.8 Å². The lowest BCUT2D eigenvalue weighted by Crippen LogP contribution is -2.38. The van der Waals surface area contributed by atoms with E-state index in [2.05, 4.69) is 10.2 Å². The van der Waals surface area contributed by atoms with Gasteiger partial charge in [-0.2, -0.15) is 5.48 Å². The third-order valence-electron chi connectivity index (χ3n) is 1.21. The van der Waals surface area contributed by atoms with Crippen molar-refractivity contribution in [2.75, 3.05) is 6.61 Å². The molecule has 0 aliphatic carbocycles. The predicted molar refractivity (Wildman–Crippen MR) is 58.6 cm³/mol. The minimum atomic E-state index is -0.718. The highest BCUT2D eigenvalue weighted by Gasteiger charge is 2.16. The second-order valence-electron chi connectivity index (χ2n) is 4.61. The summed E-state index contributed by atoms with van der Waals surface area (Å²) in [5.41, 5.74) is 1.43. The van der Waals surface area contributed by atoms with E-state index in [0.29, 0.717) is 0 Å². The fraction of sp³-hybridized carbons (Fsp3) is 0.800. The zero-order chi connectivity index (χ0) is 12.8. The van der Waals surface area contributed by atoms with Gasteiger partial charge < -0.3 is 10.1 Å². The van der Waals surface area contributed by atoms with Crippen LogP contribution in [0.25, 0.3) is 0 Å². The van der Waals surface area contributed by atoms with Crippen LogP contribution >= 0.6 is 0 Å². The SMILES string of the molecule is CC(C)NC(=O)CONC(=O)OC(C)(C)C. The highest BCUT2D eigenvalue weighted by molar-refractivity contribution is 5.77. The first-order valence-corrected chi connectivity index (χ1v) is 5.11. The summed E-state index contributed by atoms with van der Waals surface area (Å²) in [5.74, 6) is -0.300. The molecule has 0 saturated carbocycles. The summed E-state index contributed by atoms with van der Waals surface area (Å²) in [5, 5.41) is 2.61. The average Bonchev–Trinajstić information content (AvgIpc) is 1.98. The molecule has 0 atom stereocenters. The zero-order valence-corrected chi connectivity index (χ0v) is 10.4. The van der Waals surface area contributed by atoms with Gasteiger partial charge in [-0.1, -0.05) is 0 Å². The molecule has 0 rings (SSSR count). The maximum Gasteiger partial charge on any atom is 0.431 e. The average molecular weight is 232 g/mol. The van der Waals surface area contributed by atoms with Crippen LogP contribution in [0.2, 0.25) is 0 Å². The molecule has 16 heavy (non-hydrogen) atoms. The number of rotatable bonds is 4. The lowest BCUT2D eigenvalue weighted by atomic mass is 10.2. The van der Waals surface area contributed by atoms with Crippen molar-refractivity contribution in [3.63, 3.8) is 0 Å². The number of hydroxylamine groups is 1. The van der Waals surface area contributed by atoms with E-state index >= 15 is 0 Å². The molecule has 0 saturated heterocycles. The standard InChI is InChI=1S/C10H20N2O4/c1-7(2)11-8(13)6-15-12-9(14)16-10(3,4)5/h7H,6H2,1-5H3,(H,11,13)(H,12,14). The Morgan fingerprint density at radius 1 is 1.25 bits per heavy atom. The molecular weight excluding hydrogens is 212 g/mol. The van der Waals surface area contributed by atoms with Gasteiger partial charge in [-0.25, -0.2) is 4.79 Å². The normalized spacial score (nSPS) is 11.1. The maximum atomic E-state index is 11.1. The molecule has 0 aliphatic rings. The fourth-order valence-corrected chi connectivity index (χ4v) is 0.823. The highest BCUT2D eigenvalue weighted by atomic mass is 16.7. The van der Waals surface area contributed by atoms with Crippen LogP contribution in [-0.2, 0) is 14.4 Å². The van der Waals surface area contributed by atoms with E-state index in [1.807, 2.05) is 19.3 Å². The Balaban J connectivity index is 3.66. The molecule has 6 heteroatoms. The van der Waals surface area contributed by atoms with Crippen molar-refractivity contribution in [3.8, 4) is 0 Å². The summed E-state index contributed by atoms with van der Waals surface area (Å²) in [6.45, 7) is 8.63. The van der Waals surface area contributed by atoms with Gasteiger partial charge in [0.05, 0.1) is 0 Å². The van der Waals surface area contributed by atoms with Crippen molar-refractivity contribution in [2.45, 2.75) is 46.3 Å². The van der Waals surface area contributed by atoms with Gasteiger partial charge in [0.2, 0.25) is 5.91 Å². The Morgan fingerprint density at radius 2 is 1.81 bits per heavy atom. The third-order valence-corrected chi connectivity index (χ3v) is 1.21. The largest absolute Gasteiger partial charge is 0.442 e. The van der Waals surface area contributed by atoms with Crippen LogP contribution in [0, 0.1) is 0 Å². The van der Waals surface area contributed by atoms with Gasteiger partial charge in [0.15, 0.2) is 6.61 Å². The molecule has 0 aromatic rings. The van der Waals surface area contributed by atoms with Crippen LogP contribution in [0.3, 0.4) is 0 Å². The number of ether oxygens (including phenoxy) is 1. The van der Waals surface area contributed by atoms with E-state index in [0.717, 1.165) is 0 Å². The van der Waals surface area contributed by atoms with Crippen molar-refractivity contribution in [2.24, 2.45) is 0 Å². The third kappa shape index (κ3) is 9.26. The Hall–Kier alpha value is -1.30. The van der Waals surface area contributed by atoms with Crippen LogP contribution in [-0.4, -0.2) is 30.3 Å². The van der Waals surface area contributed by atoms with E-state index in [-0.39, 0.29) is 18.6 Å². The number of hydrogen-bond acceptors (Lipinski definition) is 4. The van der Waals surface area contributed by atoms with E-state index in [9.17, 15) is 9.59 Å².